The van der Waals surface area contributed by atoms with Gasteiger partial charge in [-0.15, -0.1) is 0 Å². The van der Waals surface area contributed by atoms with Gasteiger partial charge in [-0.25, -0.2) is 0 Å². The summed E-state index contributed by atoms with van der Waals surface area (Å²) >= 11 is 0. The highest BCUT2D eigenvalue weighted by Gasteiger charge is 2.29. The molecule has 1 aromatic carbocycles. The van der Waals surface area contributed by atoms with E-state index in [1.165, 1.54) is 12.1 Å². The molecule has 0 aromatic heterocycles. The maximum atomic E-state index is 4.57. The second-order valence-electron chi connectivity index (χ2n) is 6.01. The largest absolute Gasteiger partial charge is 0.279 e. The van der Waals surface area contributed by atoms with E-state index in [1.807, 2.05) is 30.3 Å². The van der Waals surface area contributed by atoms with Crippen molar-refractivity contribution in [3.63, 3.8) is 0 Å². The molecule has 2 rings (SSSR count). The second-order valence-corrected chi connectivity index (χ2v) is 6.01. The summed E-state index contributed by atoms with van der Waals surface area (Å²) in [6, 6.07) is 10.2. The van der Waals surface area contributed by atoms with E-state index in [0.29, 0.717) is 5.41 Å². The lowest BCUT2D eigenvalue weighted by Gasteiger charge is -2.34. The lowest BCUT2D eigenvalue weighted by Crippen LogP contribution is -2.28. The van der Waals surface area contributed by atoms with Crippen LogP contribution in [0, 0.1) is 11.3 Å². The zero-order valence-corrected chi connectivity index (χ0v) is 11.0. The molecular weight excluding hydrogens is 208 g/mol. The lowest BCUT2D eigenvalue weighted by molar-refractivity contribution is 0.266. The van der Waals surface area contributed by atoms with Crippen molar-refractivity contribution in [1.29, 1.82) is 0 Å². The number of hydrogen-bond donors (Lipinski definition) is 1. The molecule has 1 N–H and O–H groups in total. The number of benzene rings is 1. The van der Waals surface area contributed by atoms with Gasteiger partial charge in [-0.1, -0.05) is 39.0 Å². The molecule has 0 bridgehead atoms. The van der Waals surface area contributed by atoms with Gasteiger partial charge < -0.3 is 0 Å². The van der Waals surface area contributed by atoms with E-state index in [4.69, 9.17) is 0 Å². The van der Waals surface area contributed by atoms with E-state index in [0.717, 1.165) is 24.4 Å². The van der Waals surface area contributed by atoms with Crippen molar-refractivity contribution in [2.75, 3.05) is 5.43 Å². The van der Waals surface area contributed by atoms with Crippen LogP contribution in [0.1, 0.15) is 40.0 Å². The van der Waals surface area contributed by atoms with Crippen LogP contribution in [0.3, 0.4) is 0 Å². The quantitative estimate of drug-likeness (QED) is 0.753. The standard InChI is InChI=1S/C15H22N2/c1-12-9-14(11-15(2,3)10-12)17-16-13-7-5-4-6-8-13/h4-8,12,16H,9-11H2,1-3H3/b17-14+. The Morgan fingerprint density at radius 3 is 2.59 bits per heavy atom. The first-order valence-electron chi connectivity index (χ1n) is 6.42. The van der Waals surface area contributed by atoms with Gasteiger partial charge in [0.15, 0.2) is 0 Å². The van der Waals surface area contributed by atoms with Crippen LogP contribution in [0.2, 0.25) is 0 Å². The zero-order chi connectivity index (χ0) is 12.3. The summed E-state index contributed by atoms with van der Waals surface area (Å²) in [4.78, 5) is 0. The van der Waals surface area contributed by atoms with E-state index in [1.54, 1.807) is 0 Å². The normalized spacial score (nSPS) is 25.8. The Labute approximate surface area is 104 Å². The van der Waals surface area contributed by atoms with Crippen LogP contribution in [0.25, 0.3) is 0 Å². The maximum absolute atomic E-state index is 4.57. The van der Waals surface area contributed by atoms with Crippen LogP contribution in [0.15, 0.2) is 35.4 Å². The van der Waals surface area contributed by atoms with Crippen LogP contribution in [-0.2, 0) is 0 Å². The molecule has 0 saturated heterocycles. The Kier molecular flexibility index (Phi) is 3.51. The van der Waals surface area contributed by atoms with Crippen molar-refractivity contribution in [3.8, 4) is 0 Å². The van der Waals surface area contributed by atoms with Crippen LogP contribution in [-0.4, -0.2) is 5.71 Å². The van der Waals surface area contributed by atoms with E-state index in [2.05, 4.69) is 31.3 Å². The van der Waals surface area contributed by atoms with Gasteiger partial charge in [-0.05, 0) is 42.7 Å². The predicted octanol–water partition coefficient (Wildman–Crippen LogP) is 4.30. The number of hydrogen-bond acceptors (Lipinski definition) is 2. The third-order valence-corrected chi connectivity index (χ3v) is 3.28. The zero-order valence-electron chi connectivity index (χ0n) is 11.0. The van der Waals surface area contributed by atoms with E-state index < -0.39 is 0 Å². The Morgan fingerprint density at radius 1 is 1.24 bits per heavy atom. The molecule has 1 fully saturated rings. The summed E-state index contributed by atoms with van der Waals surface area (Å²) in [5.74, 6) is 0.745. The van der Waals surface area contributed by atoms with Gasteiger partial charge >= 0.3 is 0 Å². The van der Waals surface area contributed by atoms with E-state index >= 15 is 0 Å². The van der Waals surface area contributed by atoms with Gasteiger partial charge in [0.1, 0.15) is 0 Å². The summed E-state index contributed by atoms with van der Waals surface area (Å²) in [6.45, 7) is 6.99. The minimum absolute atomic E-state index is 0.398. The minimum atomic E-state index is 0.398. The van der Waals surface area contributed by atoms with Gasteiger partial charge in [0, 0.05) is 5.71 Å². The van der Waals surface area contributed by atoms with Crippen molar-refractivity contribution >= 4 is 11.4 Å². The van der Waals surface area contributed by atoms with Crippen molar-refractivity contribution in [3.05, 3.63) is 30.3 Å². The molecule has 0 heterocycles. The topological polar surface area (TPSA) is 24.4 Å². The molecule has 17 heavy (non-hydrogen) atoms. The third kappa shape index (κ3) is 3.58. The highest BCUT2D eigenvalue weighted by molar-refractivity contribution is 5.86. The average Bonchev–Trinajstić information content (AvgIpc) is 2.25. The monoisotopic (exact) mass is 230 g/mol. The summed E-state index contributed by atoms with van der Waals surface area (Å²) in [7, 11) is 0. The van der Waals surface area contributed by atoms with Crippen LogP contribution in [0.5, 0.6) is 0 Å². The number of nitrogens with one attached hydrogen (secondary N) is 1. The van der Waals surface area contributed by atoms with Crippen LogP contribution in [0.4, 0.5) is 5.69 Å². The highest BCUT2D eigenvalue weighted by Crippen LogP contribution is 2.36. The van der Waals surface area contributed by atoms with Gasteiger partial charge in [-0.2, -0.15) is 5.10 Å². The lowest BCUT2D eigenvalue weighted by atomic mass is 9.72. The Morgan fingerprint density at radius 2 is 1.94 bits per heavy atom. The van der Waals surface area contributed by atoms with Gasteiger partial charge in [-0.3, -0.25) is 5.43 Å². The first-order chi connectivity index (χ1) is 8.05. The Hall–Kier alpha value is -1.31. The fourth-order valence-electron chi connectivity index (χ4n) is 2.86. The molecule has 92 valence electrons. The molecule has 0 aliphatic heterocycles. The van der Waals surface area contributed by atoms with Crippen LogP contribution >= 0.6 is 0 Å². The van der Waals surface area contributed by atoms with Crippen molar-refractivity contribution in [2.24, 2.45) is 16.4 Å². The second kappa shape index (κ2) is 4.91. The van der Waals surface area contributed by atoms with E-state index in [-0.39, 0.29) is 0 Å². The summed E-state index contributed by atoms with van der Waals surface area (Å²) < 4.78 is 0. The maximum Gasteiger partial charge on any atom is 0.0561 e. The Bertz CT molecular complexity index is 393. The number of anilines is 1. The summed E-state index contributed by atoms with van der Waals surface area (Å²) in [5, 5.41) is 4.57. The molecule has 1 aliphatic carbocycles. The number of rotatable bonds is 2. The third-order valence-electron chi connectivity index (χ3n) is 3.28. The first kappa shape index (κ1) is 12.2. The predicted molar refractivity (Wildman–Crippen MR) is 74.3 cm³/mol. The van der Waals surface area contributed by atoms with Gasteiger partial charge in [0.25, 0.3) is 0 Å². The first-order valence-corrected chi connectivity index (χ1v) is 6.42. The fraction of sp³-hybridized carbons (Fsp3) is 0.533. The molecule has 2 nitrogen and oxygen atoms in total. The highest BCUT2D eigenvalue weighted by atomic mass is 15.3. The van der Waals surface area contributed by atoms with Gasteiger partial charge in [0.05, 0.1) is 5.69 Å². The van der Waals surface area contributed by atoms with Crippen LogP contribution < -0.4 is 5.43 Å². The molecule has 0 radical (unpaired) electrons. The number of hydrazone groups is 1. The minimum Gasteiger partial charge on any atom is -0.279 e. The molecule has 2 heteroatoms. The molecule has 1 atom stereocenters. The molecule has 0 amide bonds. The summed E-state index contributed by atoms with van der Waals surface area (Å²) in [6.07, 6.45) is 3.54. The summed E-state index contributed by atoms with van der Waals surface area (Å²) in [5.41, 5.74) is 5.93. The fourth-order valence-corrected chi connectivity index (χ4v) is 2.86. The molecular formula is C15H22N2. The molecule has 0 spiro atoms. The molecule has 1 saturated carbocycles. The number of para-hydroxylation sites is 1. The van der Waals surface area contributed by atoms with Gasteiger partial charge in [0.2, 0.25) is 0 Å². The Balaban J connectivity index is 2.02. The van der Waals surface area contributed by atoms with Crippen molar-refractivity contribution in [1.82, 2.24) is 0 Å². The molecule has 1 aromatic rings. The number of nitrogens with zero attached hydrogens (tertiary/aromatic N) is 1. The molecule has 1 unspecified atom stereocenters. The van der Waals surface area contributed by atoms with Crippen molar-refractivity contribution < 1.29 is 0 Å². The van der Waals surface area contributed by atoms with Crippen molar-refractivity contribution in [2.45, 2.75) is 40.0 Å². The SMILES string of the molecule is CC1C/C(=N\Nc2ccccc2)CC(C)(C)C1. The molecule has 1 aliphatic rings. The smallest absolute Gasteiger partial charge is 0.0561 e. The van der Waals surface area contributed by atoms with E-state index in [9.17, 15) is 0 Å². The average molecular weight is 230 g/mol.